The minimum Gasteiger partial charge on any atom is -0.369 e. The molecule has 22 heavy (non-hydrogen) atoms. The maximum atomic E-state index is 13.2. The number of carbonyl (C=O) groups excluding carboxylic acids is 1. The second-order valence-electron chi connectivity index (χ2n) is 6.43. The van der Waals surface area contributed by atoms with Crippen molar-refractivity contribution in [2.75, 3.05) is 18.0 Å². The molecule has 1 aliphatic rings. The zero-order valence-electron chi connectivity index (χ0n) is 13.3. The zero-order valence-corrected chi connectivity index (χ0v) is 13.3. The number of hydrogen-bond donors (Lipinski definition) is 1. The summed E-state index contributed by atoms with van der Waals surface area (Å²) in [6, 6.07) is 6.81. The van der Waals surface area contributed by atoms with Crippen LogP contribution in [0, 0.1) is 29.5 Å². The summed E-state index contributed by atoms with van der Waals surface area (Å²) in [5, 5.41) is 12.0. The van der Waals surface area contributed by atoms with Crippen molar-refractivity contribution in [1.29, 1.82) is 5.26 Å². The van der Waals surface area contributed by atoms with Gasteiger partial charge in [-0.1, -0.05) is 0 Å². The lowest BCUT2D eigenvalue weighted by Crippen LogP contribution is -2.50. The average Bonchev–Trinajstić information content (AvgIpc) is 2.47. The van der Waals surface area contributed by atoms with Crippen molar-refractivity contribution in [3.05, 3.63) is 29.6 Å². The van der Waals surface area contributed by atoms with Crippen molar-refractivity contribution in [3.63, 3.8) is 0 Å². The molecule has 2 rings (SSSR count). The molecule has 1 aliphatic heterocycles. The lowest BCUT2D eigenvalue weighted by molar-refractivity contribution is -0.127. The van der Waals surface area contributed by atoms with E-state index in [1.54, 1.807) is 19.9 Å². The Hall–Kier alpha value is -2.09. The molecule has 0 radical (unpaired) electrons. The number of nitrogens with one attached hydrogen (secondary N) is 1. The Bertz CT molecular complexity index is 606. The number of nitriles is 1. The summed E-state index contributed by atoms with van der Waals surface area (Å²) in [7, 11) is 0. The van der Waals surface area contributed by atoms with Gasteiger partial charge < -0.3 is 10.2 Å². The van der Waals surface area contributed by atoms with Crippen LogP contribution in [0.1, 0.15) is 32.3 Å². The van der Waals surface area contributed by atoms with Gasteiger partial charge in [0.2, 0.25) is 5.91 Å². The third-order valence-electron chi connectivity index (χ3n) is 4.10. The minimum absolute atomic E-state index is 0.0123. The van der Waals surface area contributed by atoms with Crippen LogP contribution in [0.4, 0.5) is 10.1 Å². The third kappa shape index (κ3) is 3.56. The van der Waals surface area contributed by atoms with E-state index in [0.29, 0.717) is 6.54 Å². The molecule has 1 saturated heterocycles. The van der Waals surface area contributed by atoms with Crippen LogP contribution in [-0.4, -0.2) is 25.0 Å². The van der Waals surface area contributed by atoms with Crippen molar-refractivity contribution < 1.29 is 9.18 Å². The summed E-state index contributed by atoms with van der Waals surface area (Å²) in [6.45, 7) is 6.69. The molecule has 1 N–H and O–H groups in total. The molecule has 1 aromatic rings. The van der Waals surface area contributed by atoms with E-state index in [0.717, 1.165) is 30.6 Å². The number of benzene rings is 1. The number of carbonyl (C=O) groups is 1. The van der Waals surface area contributed by atoms with Gasteiger partial charge >= 0.3 is 0 Å². The Kier molecular flexibility index (Phi) is 4.70. The second kappa shape index (κ2) is 6.35. The van der Waals surface area contributed by atoms with E-state index in [1.165, 1.54) is 12.1 Å². The topological polar surface area (TPSA) is 56.1 Å². The summed E-state index contributed by atoms with van der Waals surface area (Å²) in [4.78, 5) is 14.3. The molecule has 118 valence electrons. The second-order valence-corrected chi connectivity index (χ2v) is 6.43. The summed E-state index contributed by atoms with van der Waals surface area (Å²) < 4.78 is 13.2. The van der Waals surface area contributed by atoms with E-state index >= 15 is 0 Å². The molecule has 0 aromatic heterocycles. The molecule has 1 atom stereocenters. The summed E-state index contributed by atoms with van der Waals surface area (Å²) in [5.41, 5.74) is 0.873. The van der Waals surface area contributed by atoms with Gasteiger partial charge in [0.15, 0.2) is 0 Å². The van der Waals surface area contributed by atoms with Crippen molar-refractivity contribution in [1.82, 2.24) is 5.32 Å². The number of rotatable bonds is 3. The third-order valence-corrected chi connectivity index (χ3v) is 4.10. The number of halogens is 1. The van der Waals surface area contributed by atoms with E-state index in [2.05, 4.69) is 10.2 Å². The monoisotopic (exact) mass is 303 g/mol. The molecule has 0 saturated carbocycles. The molecule has 0 spiro atoms. The number of piperidine rings is 1. The van der Waals surface area contributed by atoms with Gasteiger partial charge in [-0.25, -0.2) is 4.39 Å². The van der Waals surface area contributed by atoms with Crippen molar-refractivity contribution in [3.8, 4) is 6.07 Å². The lowest BCUT2D eigenvalue weighted by Gasteiger charge is -2.36. The highest BCUT2D eigenvalue weighted by atomic mass is 19.1. The number of amides is 1. The Morgan fingerprint density at radius 3 is 2.86 bits per heavy atom. The molecule has 4 nitrogen and oxygen atoms in total. The van der Waals surface area contributed by atoms with Crippen LogP contribution < -0.4 is 10.2 Å². The molecule has 1 fully saturated rings. The van der Waals surface area contributed by atoms with Crippen molar-refractivity contribution in [2.24, 2.45) is 5.41 Å². The zero-order chi connectivity index (χ0) is 16.3. The van der Waals surface area contributed by atoms with Gasteiger partial charge in [-0.05, 0) is 57.4 Å². The predicted octanol–water partition coefficient (Wildman–Crippen LogP) is 2.77. The van der Waals surface area contributed by atoms with E-state index in [9.17, 15) is 9.18 Å². The predicted molar refractivity (Wildman–Crippen MR) is 83.9 cm³/mol. The smallest absolute Gasteiger partial charge is 0.240 e. The fourth-order valence-corrected chi connectivity index (χ4v) is 2.70. The van der Waals surface area contributed by atoms with Crippen LogP contribution in [0.5, 0.6) is 0 Å². The Balaban J connectivity index is 2.06. The standard InChI is InChI=1S/C17H22FN3O/c1-12-9-13(18)6-7-15(12)21-8-4-5-14(10-21)20-16(22)17(2,3)11-19/h6-7,9,14H,4-5,8,10H2,1-3H3,(H,20,22)/t14-/m0/s1. The first-order valence-electron chi connectivity index (χ1n) is 7.57. The first-order chi connectivity index (χ1) is 10.3. The van der Waals surface area contributed by atoms with Crippen molar-refractivity contribution >= 4 is 11.6 Å². The normalized spacial score (nSPS) is 18.7. The van der Waals surface area contributed by atoms with Crippen molar-refractivity contribution in [2.45, 2.75) is 39.7 Å². The maximum Gasteiger partial charge on any atom is 0.240 e. The molecule has 1 aromatic carbocycles. The molecule has 0 unspecified atom stereocenters. The Morgan fingerprint density at radius 1 is 1.50 bits per heavy atom. The fourth-order valence-electron chi connectivity index (χ4n) is 2.70. The van der Waals surface area contributed by atoms with Crippen LogP contribution in [0.25, 0.3) is 0 Å². The first-order valence-corrected chi connectivity index (χ1v) is 7.57. The van der Waals surface area contributed by atoms with Gasteiger partial charge in [-0.15, -0.1) is 0 Å². The maximum absolute atomic E-state index is 13.2. The first kappa shape index (κ1) is 16.3. The Labute approximate surface area is 130 Å². The molecule has 1 amide bonds. The van der Waals surface area contributed by atoms with Gasteiger partial charge in [0, 0.05) is 24.8 Å². The Morgan fingerprint density at radius 2 is 2.23 bits per heavy atom. The number of aryl methyl sites for hydroxylation is 1. The van der Waals surface area contributed by atoms with Crippen LogP contribution in [-0.2, 0) is 4.79 Å². The van der Waals surface area contributed by atoms with E-state index in [1.807, 2.05) is 13.0 Å². The molecule has 5 heteroatoms. The van der Waals surface area contributed by atoms with Gasteiger partial charge in [0.25, 0.3) is 0 Å². The molecule has 0 bridgehead atoms. The highest BCUT2D eigenvalue weighted by molar-refractivity contribution is 5.84. The quantitative estimate of drug-likeness (QED) is 0.934. The minimum atomic E-state index is -1.02. The van der Waals surface area contributed by atoms with Crippen LogP contribution >= 0.6 is 0 Å². The summed E-state index contributed by atoms with van der Waals surface area (Å²) >= 11 is 0. The van der Waals surface area contributed by atoms with Gasteiger partial charge in [-0.2, -0.15) is 5.26 Å². The van der Waals surface area contributed by atoms with E-state index in [-0.39, 0.29) is 17.8 Å². The van der Waals surface area contributed by atoms with E-state index < -0.39 is 5.41 Å². The van der Waals surface area contributed by atoms with Gasteiger partial charge in [-0.3, -0.25) is 4.79 Å². The number of hydrogen-bond acceptors (Lipinski definition) is 3. The molecular weight excluding hydrogens is 281 g/mol. The number of nitrogens with zero attached hydrogens (tertiary/aromatic N) is 2. The highest BCUT2D eigenvalue weighted by Gasteiger charge is 2.30. The molecular formula is C17H22FN3O. The van der Waals surface area contributed by atoms with Crippen LogP contribution in [0.2, 0.25) is 0 Å². The van der Waals surface area contributed by atoms with E-state index in [4.69, 9.17) is 5.26 Å². The van der Waals surface area contributed by atoms with Gasteiger partial charge in [0.05, 0.1) is 6.07 Å². The fraction of sp³-hybridized carbons (Fsp3) is 0.529. The molecule has 1 heterocycles. The highest BCUT2D eigenvalue weighted by Crippen LogP contribution is 2.25. The van der Waals surface area contributed by atoms with Gasteiger partial charge in [0.1, 0.15) is 11.2 Å². The number of anilines is 1. The summed E-state index contributed by atoms with van der Waals surface area (Å²) in [6.07, 6.45) is 1.85. The largest absolute Gasteiger partial charge is 0.369 e. The SMILES string of the molecule is Cc1cc(F)ccc1N1CCC[C@H](NC(=O)C(C)(C)C#N)C1. The van der Waals surface area contributed by atoms with Crippen LogP contribution in [0.3, 0.4) is 0 Å². The lowest BCUT2D eigenvalue weighted by atomic mass is 9.93. The molecule has 0 aliphatic carbocycles. The average molecular weight is 303 g/mol. The summed E-state index contributed by atoms with van der Waals surface area (Å²) in [5.74, 6) is -0.475. The van der Waals surface area contributed by atoms with Crippen LogP contribution in [0.15, 0.2) is 18.2 Å².